The first kappa shape index (κ1) is 16.9. The summed E-state index contributed by atoms with van der Waals surface area (Å²) in [4.78, 5) is 14.8. The van der Waals surface area contributed by atoms with Gasteiger partial charge in [0.2, 0.25) is 5.91 Å². The van der Waals surface area contributed by atoms with E-state index in [4.69, 9.17) is 9.47 Å². The Hall–Kier alpha value is -1.97. The first-order valence-electron chi connectivity index (χ1n) is 8.93. The number of benzene rings is 1. The van der Waals surface area contributed by atoms with E-state index < -0.39 is 0 Å². The van der Waals surface area contributed by atoms with Crippen molar-refractivity contribution in [2.24, 2.45) is 5.92 Å². The Bertz CT molecular complexity index is 609. The van der Waals surface area contributed by atoms with Crippen LogP contribution in [0, 0.1) is 5.92 Å². The molecular formula is C20H27NO3. The van der Waals surface area contributed by atoms with Gasteiger partial charge in [-0.15, -0.1) is 0 Å². The number of amides is 1. The van der Waals surface area contributed by atoms with Gasteiger partial charge in [0.1, 0.15) is 0 Å². The molecule has 1 aromatic rings. The minimum Gasteiger partial charge on any atom is -0.493 e. The van der Waals surface area contributed by atoms with Crippen LogP contribution in [0.15, 0.2) is 24.3 Å². The molecule has 1 aliphatic heterocycles. The van der Waals surface area contributed by atoms with Gasteiger partial charge in [0.25, 0.3) is 0 Å². The van der Waals surface area contributed by atoms with Gasteiger partial charge >= 0.3 is 0 Å². The molecular weight excluding hydrogens is 302 g/mol. The molecule has 2 atom stereocenters. The molecule has 1 heterocycles. The summed E-state index contributed by atoms with van der Waals surface area (Å²) in [7, 11) is 3.24. The summed E-state index contributed by atoms with van der Waals surface area (Å²) in [5.74, 6) is 2.23. The Morgan fingerprint density at radius 2 is 1.83 bits per heavy atom. The van der Waals surface area contributed by atoms with Crippen LogP contribution in [0.3, 0.4) is 0 Å². The molecule has 0 radical (unpaired) electrons. The molecule has 0 N–H and O–H groups in total. The second-order valence-electron chi connectivity index (χ2n) is 6.73. The molecule has 2 aliphatic rings. The van der Waals surface area contributed by atoms with Crippen LogP contribution in [0.5, 0.6) is 11.5 Å². The van der Waals surface area contributed by atoms with Gasteiger partial charge in [-0.2, -0.15) is 0 Å². The highest BCUT2D eigenvalue weighted by molar-refractivity contribution is 5.92. The quantitative estimate of drug-likeness (QED) is 0.787. The molecule has 2 fully saturated rings. The molecule has 4 heteroatoms. The third kappa shape index (κ3) is 3.58. The third-order valence-electron chi connectivity index (χ3n) is 5.35. The highest BCUT2D eigenvalue weighted by Crippen LogP contribution is 2.35. The zero-order chi connectivity index (χ0) is 16.9. The lowest BCUT2D eigenvalue weighted by molar-refractivity contribution is -0.132. The maximum Gasteiger partial charge on any atom is 0.246 e. The topological polar surface area (TPSA) is 38.8 Å². The summed E-state index contributed by atoms with van der Waals surface area (Å²) in [6.07, 6.45) is 11.0. The smallest absolute Gasteiger partial charge is 0.246 e. The number of piperidine rings is 1. The van der Waals surface area contributed by atoms with E-state index in [9.17, 15) is 4.79 Å². The predicted octanol–water partition coefficient (Wildman–Crippen LogP) is 3.90. The lowest BCUT2D eigenvalue weighted by Crippen LogP contribution is -2.49. The van der Waals surface area contributed by atoms with Crippen molar-refractivity contribution >= 4 is 12.0 Å². The highest BCUT2D eigenvalue weighted by atomic mass is 16.5. The molecule has 1 saturated carbocycles. The molecule has 0 aromatic heterocycles. The third-order valence-corrected chi connectivity index (χ3v) is 5.35. The zero-order valence-corrected chi connectivity index (χ0v) is 14.7. The van der Waals surface area contributed by atoms with E-state index in [-0.39, 0.29) is 5.91 Å². The number of carbonyl (C=O) groups is 1. The maximum absolute atomic E-state index is 12.7. The van der Waals surface area contributed by atoms with Crippen molar-refractivity contribution in [1.82, 2.24) is 4.90 Å². The lowest BCUT2D eigenvalue weighted by atomic mass is 9.78. The van der Waals surface area contributed by atoms with Crippen LogP contribution in [0.1, 0.15) is 44.1 Å². The Labute approximate surface area is 144 Å². The van der Waals surface area contributed by atoms with Crippen LogP contribution < -0.4 is 9.47 Å². The average Bonchev–Trinajstić information content (AvgIpc) is 2.65. The normalized spacial score (nSPS) is 23.8. The van der Waals surface area contributed by atoms with Gasteiger partial charge in [-0.05, 0) is 55.4 Å². The van der Waals surface area contributed by atoms with Gasteiger partial charge in [-0.25, -0.2) is 0 Å². The van der Waals surface area contributed by atoms with Crippen molar-refractivity contribution < 1.29 is 14.3 Å². The fourth-order valence-corrected chi connectivity index (χ4v) is 4.12. The summed E-state index contributed by atoms with van der Waals surface area (Å²) < 4.78 is 10.6. The largest absolute Gasteiger partial charge is 0.493 e. The Morgan fingerprint density at radius 3 is 2.62 bits per heavy atom. The standard InChI is InChI=1S/C20H27NO3/c1-23-18-11-9-15(14-19(18)24-2)10-12-20(22)21-13-5-7-16-6-3-4-8-17(16)21/h9-12,14,16-17H,3-8,13H2,1-2H3. The lowest BCUT2D eigenvalue weighted by Gasteiger charge is -2.43. The van der Waals surface area contributed by atoms with Crippen molar-refractivity contribution in [1.29, 1.82) is 0 Å². The Morgan fingerprint density at radius 1 is 1.08 bits per heavy atom. The van der Waals surface area contributed by atoms with Crippen LogP contribution in [0.4, 0.5) is 0 Å². The summed E-state index contributed by atoms with van der Waals surface area (Å²) in [6.45, 7) is 0.899. The fraction of sp³-hybridized carbons (Fsp3) is 0.550. The number of nitrogens with zero attached hydrogens (tertiary/aromatic N) is 1. The van der Waals surface area contributed by atoms with Crippen molar-refractivity contribution in [3.05, 3.63) is 29.8 Å². The first-order chi connectivity index (χ1) is 11.7. The molecule has 24 heavy (non-hydrogen) atoms. The second kappa shape index (κ2) is 7.73. The van der Waals surface area contributed by atoms with E-state index in [0.29, 0.717) is 23.5 Å². The van der Waals surface area contributed by atoms with Crippen LogP contribution in [-0.4, -0.2) is 37.6 Å². The van der Waals surface area contributed by atoms with E-state index in [0.717, 1.165) is 18.5 Å². The molecule has 1 amide bonds. The Kier molecular flexibility index (Phi) is 5.44. The minimum atomic E-state index is 0.140. The summed E-state index contributed by atoms with van der Waals surface area (Å²) in [6, 6.07) is 6.14. The van der Waals surface area contributed by atoms with Gasteiger partial charge in [0.15, 0.2) is 11.5 Å². The average molecular weight is 329 g/mol. The maximum atomic E-state index is 12.7. The monoisotopic (exact) mass is 329 g/mol. The summed E-state index contributed by atoms with van der Waals surface area (Å²) >= 11 is 0. The van der Waals surface area contributed by atoms with Gasteiger partial charge in [-0.3, -0.25) is 4.79 Å². The number of hydrogen-bond donors (Lipinski definition) is 0. The number of ether oxygens (including phenoxy) is 2. The second-order valence-corrected chi connectivity index (χ2v) is 6.73. The molecule has 1 aromatic carbocycles. The van der Waals surface area contributed by atoms with Crippen molar-refractivity contribution in [2.75, 3.05) is 20.8 Å². The van der Waals surface area contributed by atoms with Gasteiger partial charge in [0, 0.05) is 18.7 Å². The van der Waals surface area contributed by atoms with Crippen molar-refractivity contribution in [3.8, 4) is 11.5 Å². The molecule has 3 rings (SSSR count). The van der Waals surface area contributed by atoms with E-state index in [1.807, 2.05) is 24.3 Å². The predicted molar refractivity (Wildman–Crippen MR) is 95.3 cm³/mol. The van der Waals surface area contributed by atoms with Crippen LogP contribution in [0.25, 0.3) is 6.08 Å². The summed E-state index contributed by atoms with van der Waals surface area (Å²) in [5, 5.41) is 0. The zero-order valence-electron chi connectivity index (χ0n) is 14.7. The van der Waals surface area contributed by atoms with Crippen LogP contribution in [0.2, 0.25) is 0 Å². The molecule has 4 nitrogen and oxygen atoms in total. The SMILES string of the molecule is COc1ccc(C=CC(=O)N2CCCC3CCCCC32)cc1OC. The number of rotatable bonds is 4. The highest BCUT2D eigenvalue weighted by Gasteiger charge is 2.34. The first-order valence-corrected chi connectivity index (χ1v) is 8.93. The number of hydrogen-bond acceptors (Lipinski definition) is 3. The molecule has 1 saturated heterocycles. The number of methoxy groups -OCH3 is 2. The van der Waals surface area contributed by atoms with E-state index in [2.05, 4.69) is 4.90 Å². The molecule has 2 unspecified atom stereocenters. The summed E-state index contributed by atoms with van der Waals surface area (Å²) in [5.41, 5.74) is 0.943. The number of carbonyl (C=O) groups excluding carboxylic acids is 1. The molecule has 0 bridgehead atoms. The molecule has 0 spiro atoms. The van der Waals surface area contributed by atoms with E-state index in [1.165, 1.54) is 32.1 Å². The fourth-order valence-electron chi connectivity index (χ4n) is 4.12. The van der Waals surface area contributed by atoms with Crippen molar-refractivity contribution in [2.45, 2.75) is 44.6 Å². The van der Waals surface area contributed by atoms with Gasteiger partial charge in [0.05, 0.1) is 14.2 Å². The molecule has 1 aliphatic carbocycles. The van der Waals surface area contributed by atoms with Gasteiger partial charge < -0.3 is 14.4 Å². The van der Waals surface area contributed by atoms with Crippen LogP contribution in [-0.2, 0) is 4.79 Å². The number of likely N-dealkylation sites (tertiary alicyclic amines) is 1. The van der Waals surface area contributed by atoms with Gasteiger partial charge in [-0.1, -0.05) is 18.9 Å². The van der Waals surface area contributed by atoms with Crippen LogP contribution >= 0.6 is 0 Å². The van der Waals surface area contributed by atoms with E-state index in [1.54, 1.807) is 20.3 Å². The number of fused-ring (bicyclic) bond motifs is 1. The van der Waals surface area contributed by atoms with Crippen molar-refractivity contribution in [3.63, 3.8) is 0 Å². The molecule has 130 valence electrons. The minimum absolute atomic E-state index is 0.140. The Balaban J connectivity index is 1.70. The van der Waals surface area contributed by atoms with E-state index >= 15 is 0 Å².